The van der Waals surface area contributed by atoms with Gasteiger partial charge in [-0.25, -0.2) is 4.98 Å². The van der Waals surface area contributed by atoms with Crippen molar-refractivity contribution < 1.29 is 0 Å². The monoisotopic (exact) mass is 351 g/mol. The molecule has 3 nitrogen and oxygen atoms in total. The SMILES string of the molecule is Brc1ccc2nc(N3CC[C@H](N4CCCC4)C3)sc2c1. The molecule has 0 spiro atoms. The van der Waals surface area contributed by atoms with Gasteiger partial charge in [0, 0.05) is 23.6 Å². The van der Waals surface area contributed by atoms with E-state index in [4.69, 9.17) is 4.98 Å². The summed E-state index contributed by atoms with van der Waals surface area (Å²) in [5.41, 5.74) is 1.12. The first-order chi connectivity index (χ1) is 9.79. The van der Waals surface area contributed by atoms with Crippen molar-refractivity contribution in [3.05, 3.63) is 22.7 Å². The van der Waals surface area contributed by atoms with Crippen LogP contribution in [0.25, 0.3) is 10.2 Å². The molecule has 0 bridgehead atoms. The summed E-state index contributed by atoms with van der Waals surface area (Å²) < 4.78 is 2.41. The molecule has 0 N–H and O–H groups in total. The van der Waals surface area contributed by atoms with Gasteiger partial charge in [-0.05, 0) is 50.6 Å². The average molecular weight is 352 g/mol. The lowest BCUT2D eigenvalue weighted by Gasteiger charge is -2.23. The molecule has 106 valence electrons. The summed E-state index contributed by atoms with van der Waals surface area (Å²) in [6.45, 7) is 4.90. The highest BCUT2D eigenvalue weighted by molar-refractivity contribution is 9.10. The average Bonchev–Trinajstić information content (AvgIpc) is 3.17. The number of fused-ring (bicyclic) bond motifs is 1. The van der Waals surface area contributed by atoms with Crippen LogP contribution >= 0.6 is 27.3 Å². The fourth-order valence-electron chi connectivity index (χ4n) is 3.34. The van der Waals surface area contributed by atoms with Crippen molar-refractivity contribution in [1.82, 2.24) is 9.88 Å². The molecule has 1 aromatic carbocycles. The Morgan fingerprint density at radius 3 is 2.90 bits per heavy atom. The van der Waals surface area contributed by atoms with E-state index in [1.165, 1.54) is 42.2 Å². The van der Waals surface area contributed by atoms with E-state index in [2.05, 4.69) is 43.9 Å². The second-order valence-corrected chi connectivity index (χ2v) is 7.66. The summed E-state index contributed by atoms with van der Waals surface area (Å²) in [5, 5.41) is 1.19. The topological polar surface area (TPSA) is 19.4 Å². The van der Waals surface area contributed by atoms with Crippen molar-refractivity contribution in [3.8, 4) is 0 Å². The fourth-order valence-corrected chi connectivity index (χ4v) is 4.89. The van der Waals surface area contributed by atoms with E-state index in [9.17, 15) is 0 Å². The number of benzene rings is 1. The molecule has 0 radical (unpaired) electrons. The molecule has 0 unspecified atom stereocenters. The number of likely N-dealkylation sites (tertiary alicyclic amines) is 1. The molecule has 2 fully saturated rings. The minimum absolute atomic E-state index is 0.747. The molecular formula is C15H18BrN3S. The zero-order valence-corrected chi connectivity index (χ0v) is 13.8. The van der Waals surface area contributed by atoms with Gasteiger partial charge < -0.3 is 4.90 Å². The van der Waals surface area contributed by atoms with Crippen LogP contribution in [0.5, 0.6) is 0 Å². The van der Waals surface area contributed by atoms with Crippen LogP contribution < -0.4 is 4.90 Å². The Bertz CT molecular complexity index is 621. The molecule has 2 aliphatic rings. The van der Waals surface area contributed by atoms with E-state index in [-0.39, 0.29) is 0 Å². The van der Waals surface area contributed by atoms with Crippen LogP contribution in [0, 0.1) is 0 Å². The maximum atomic E-state index is 4.80. The first kappa shape index (κ1) is 13.0. The molecule has 1 atom stereocenters. The van der Waals surface area contributed by atoms with Crippen molar-refractivity contribution in [2.75, 3.05) is 31.1 Å². The molecule has 5 heteroatoms. The predicted octanol–water partition coefficient (Wildman–Crippen LogP) is 3.73. The summed E-state index contributed by atoms with van der Waals surface area (Å²) >= 11 is 5.36. The predicted molar refractivity (Wildman–Crippen MR) is 88.7 cm³/mol. The lowest BCUT2D eigenvalue weighted by molar-refractivity contribution is 0.260. The standard InChI is InChI=1S/C15H18BrN3S/c16-11-3-4-13-14(9-11)20-15(17-13)19-8-5-12(10-19)18-6-1-2-7-18/h3-4,9,12H,1-2,5-8,10H2/t12-/m0/s1. The summed E-state index contributed by atoms with van der Waals surface area (Å²) in [6.07, 6.45) is 4.05. The van der Waals surface area contributed by atoms with Crippen molar-refractivity contribution >= 4 is 42.6 Å². The highest BCUT2D eigenvalue weighted by atomic mass is 79.9. The second-order valence-electron chi connectivity index (χ2n) is 5.74. The van der Waals surface area contributed by atoms with E-state index in [0.717, 1.165) is 29.1 Å². The third-order valence-electron chi connectivity index (χ3n) is 4.43. The molecule has 0 saturated carbocycles. The lowest BCUT2D eigenvalue weighted by Crippen LogP contribution is -2.35. The van der Waals surface area contributed by atoms with Gasteiger partial charge in [0.1, 0.15) is 0 Å². The quantitative estimate of drug-likeness (QED) is 0.821. The summed E-state index contributed by atoms with van der Waals surface area (Å²) in [7, 11) is 0. The number of thiazole rings is 1. The van der Waals surface area contributed by atoms with Crippen LogP contribution in [0.15, 0.2) is 22.7 Å². The highest BCUT2D eigenvalue weighted by Gasteiger charge is 2.30. The van der Waals surface area contributed by atoms with Crippen LogP contribution in [-0.4, -0.2) is 42.1 Å². The zero-order valence-electron chi connectivity index (χ0n) is 11.4. The van der Waals surface area contributed by atoms with Gasteiger partial charge in [-0.3, -0.25) is 4.90 Å². The van der Waals surface area contributed by atoms with Crippen LogP contribution in [-0.2, 0) is 0 Å². The smallest absolute Gasteiger partial charge is 0.186 e. The Balaban J connectivity index is 1.54. The van der Waals surface area contributed by atoms with Crippen molar-refractivity contribution in [3.63, 3.8) is 0 Å². The first-order valence-electron chi connectivity index (χ1n) is 7.35. The normalized spacial score (nSPS) is 24.1. The maximum absolute atomic E-state index is 4.80. The number of halogens is 1. The number of rotatable bonds is 2. The Morgan fingerprint density at radius 2 is 2.05 bits per heavy atom. The van der Waals surface area contributed by atoms with Gasteiger partial charge in [0.05, 0.1) is 10.2 Å². The van der Waals surface area contributed by atoms with Gasteiger partial charge in [0.25, 0.3) is 0 Å². The van der Waals surface area contributed by atoms with Crippen LogP contribution in [0.2, 0.25) is 0 Å². The number of hydrogen-bond donors (Lipinski definition) is 0. The van der Waals surface area contributed by atoms with E-state index in [0.29, 0.717) is 0 Å². The summed E-state index contributed by atoms with van der Waals surface area (Å²) in [5.74, 6) is 0. The Labute approximate surface area is 131 Å². The van der Waals surface area contributed by atoms with Gasteiger partial charge >= 0.3 is 0 Å². The zero-order chi connectivity index (χ0) is 13.5. The largest absolute Gasteiger partial charge is 0.346 e. The van der Waals surface area contributed by atoms with Gasteiger partial charge in [-0.2, -0.15) is 0 Å². The Hall–Kier alpha value is -0.650. The Morgan fingerprint density at radius 1 is 1.20 bits per heavy atom. The minimum Gasteiger partial charge on any atom is -0.346 e. The lowest BCUT2D eigenvalue weighted by atomic mass is 10.2. The van der Waals surface area contributed by atoms with Crippen LogP contribution in [0.4, 0.5) is 5.13 Å². The maximum Gasteiger partial charge on any atom is 0.186 e. The van der Waals surface area contributed by atoms with Gasteiger partial charge in [0.2, 0.25) is 0 Å². The molecule has 1 aromatic heterocycles. The van der Waals surface area contributed by atoms with Crippen LogP contribution in [0.1, 0.15) is 19.3 Å². The third kappa shape index (κ3) is 2.36. The van der Waals surface area contributed by atoms with E-state index in [1.807, 2.05) is 11.3 Å². The Kier molecular flexibility index (Phi) is 3.44. The molecule has 2 saturated heterocycles. The second kappa shape index (κ2) is 5.28. The molecular weight excluding hydrogens is 334 g/mol. The fraction of sp³-hybridized carbons (Fsp3) is 0.533. The van der Waals surface area contributed by atoms with Gasteiger partial charge in [-0.15, -0.1) is 0 Å². The van der Waals surface area contributed by atoms with Crippen molar-refractivity contribution in [1.29, 1.82) is 0 Å². The molecule has 0 amide bonds. The molecule has 2 aromatic rings. The molecule has 4 rings (SSSR count). The first-order valence-corrected chi connectivity index (χ1v) is 8.96. The highest BCUT2D eigenvalue weighted by Crippen LogP contribution is 2.33. The van der Waals surface area contributed by atoms with Crippen molar-refractivity contribution in [2.45, 2.75) is 25.3 Å². The van der Waals surface area contributed by atoms with E-state index in [1.54, 1.807) is 0 Å². The van der Waals surface area contributed by atoms with E-state index < -0.39 is 0 Å². The van der Waals surface area contributed by atoms with Crippen LogP contribution in [0.3, 0.4) is 0 Å². The number of hydrogen-bond acceptors (Lipinski definition) is 4. The molecule has 0 aliphatic carbocycles. The summed E-state index contributed by atoms with van der Waals surface area (Å²) in [6, 6.07) is 7.09. The van der Waals surface area contributed by atoms with Gasteiger partial charge in [0.15, 0.2) is 5.13 Å². The minimum atomic E-state index is 0.747. The number of anilines is 1. The molecule has 3 heterocycles. The van der Waals surface area contributed by atoms with Crippen molar-refractivity contribution in [2.24, 2.45) is 0 Å². The van der Waals surface area contributed by atoms with E-state index >= 15 is 0 Å². The number of aromatic nitrogens is 1. The molecule has 20 heavy (non-hydrogen) atoms. The third-order valence-corrected chi connectivity index (χ3v) is 6.00. The van der Waals surface area contributed by atoms with Gasteiger partial charge in [-0.1, -0.05) is 27.3 Å². The molecule has 2 aliphatic heterocycles. The number of nitrogens with zero attached hydrogens (tertiary/aromatic N) is 3. The summed E-state index contributed by atoms with van der Waals surface area (Å²) in [4.78, 5) is 9.95.